The number of carbonyl (C=O) groups is 3. The number of fused-ring (bicyclic) bond motifs is 1. The molecule has 26 heavy (non-hydrogen) atoms. The summed E-state index contributed by atoms with van der Waals surface area (Å²) in [6.07, 6.45) is -1.06. The Labute approximate surface area is 154 Å². The van der Waals surface area contributed by atoms with Gasteiger partial charge in [-0.2, -0.15) is 0 Å². The Morgan fingerprint density at radius 1 is 1.31 bits per heavy atom. The molecule has 2 N–H and O–H groups in total. The van der Waals surface area contributed by atoms with Crippen molar-refractivity contribution < 1.29 is 23.9 Å². The van der Waals surface area contributed by atoms with Crippen LogP contribution in [0, 0.1) is 0 Å². The monoisotopic (exact) mass is 374 g/mol. The van der Waals surface area contributed by atoms with E-state index in [0.29, 0.717) is 11.4 Å². The number of amides is 2. The van der Waals surface area contributed by atoms with E-state index in [4.69, 9.17) is 9.47 Å². The Kier molecular flexibility index (Phi) is 5.52. The molecule has 2 heterocycles. The van der Waals surface area contributed by atoms with Crippen molar-refractivity contribution in [3.05, 3.63) is 46.7 Å². The van der Waals surface area contributed by atoms with Crippen molar-refractivity contribution in [3.8, 4) is 5.75 Å². The Hall–Kier alpha value is -2.87. The number of carbonyl (C=O) groups excluding carboxylic acids is 3. The highest BCUT2D eigenvalue weighted by atomic mass is 32.1. The summed E-state index contributed by atoms with van der Waals surface area (Å²) in [5, 5.41) is 7.37. The number of thiophene rings is 1. The van der Waals surface area contributed by atoms with Crippen LogP contribution in [0.1, 0.15) is 23.8 Å². The molecular formula is C18H18N2O5S. The van der Waals surface area contributed by atoms with Gasteiger partial charge >= 0.3 is 5.97 Å². The van der Waals surface area contributed by atoms with Crippen LogP contribution in [-0.4, -0.2) is 31.0 Å². The summed E-state index contributed by atoms with van der Waals surface area (Å²) in [6.45, 7) is 0. The smallest absolute Gasteiger partial charge is 0.307 e. The average molecular weight is 374 g/mol. The molecule has 2 amide bonds. The van der Waals surface area contributed by atoms with E-state index >= 15 is 0 Å². The van der Waals surface area contributed by atoms with Crippen molar-refractivity contribution >= 4 is 34.8 Å². The molecule has 1 aliphatic rings. The first kappa shape index (κ1) is 17.9. The van der Waals surface area contributed by atoms with Gasteiger partial charge < -0.3 is 20.1 Å². The molecule has 8 heteroatoms. The summed E-state index contributed by atoms with van der Waals surface area (Å²) in [4.78, 5) is 37.0. The van der Waals surface area contributed by atoms with E-state index in [2.05, 4.69) is 10.6 Å². The van der Waals surface area contributed by atoms with Gasteiger partial charge in [0, 0.05) is 4.88 Å². The van der Waals surface area contributed by atoms with Crippen LogP contribution < -0.4 is 15.4 Å². The fourth-order valence-corrected chi connectivity index (χ4v) is 3.39. The minimum atomic E-state index is -0.924. The summed E-state index contributed by atoms with van der Waals surface area (Å²) in [7, 11) is 1.30. The van der Waals surface area contributed by atoms with Gasteiger partial charge in [0.05, 0.1) is 31.7 Å². The SMILES string of the molecule is COC(=O)C[C@H](NC(=O)C[C@H]1Oc2ccccc2NC1=O)c1cccs1. The molecule has 0 saturated carbocycles. The molecule has 0 bridgehead atoms. The van der Waals surface area contributed by atoms with Gasteiger partial charge in [-0.15, -0.1) is 11.3 Å². The molecule has 0 unspecified atom stereocenters. The van der Waals surface area contributed by atoms with Gasteiger partial charge in [-0.1, -0.05) is 18.2 Å². The molecule has 0 radical (unpaired) electrons. The number of hydrogen-bond acceptors (Lipinski definition) is 6. The first-order valence-corrected chi connectivity index (χ1v) is 8.91. The molecular weight excluding hydrogens is 356 g/mol. The van der Waals surface area contributed by atoms with E-state index < -0.39 is 18.1 Å². The number of nitrogens with one attached hydrogen (secondary N) is 2. The Balaban J connectivity index is 1.65. The molecule has 7 nitrogen and oxygen atoms in total. The maximum absolute atomic E-state index is 12.4. The highest BCUT2D eigenvalue weighted by Crippen LogP contribution is 2.30. The molecule has 1 aromatic carbocycles. The first-order valence-electron chi connectivity index (χ1n) is 8.03. The number of esters is 1. The van der Waals surface area contributed by atoms with Crippen LogP contribution in [0.15, 0.2) is 41.8 Å². The van der Waals surface area contributed by atoms with Crippen molar-refractivity contribution in [1.82, 2.24) is 5.32 Å². The molecule has 3 rings (SSSR count). The molecule has 2 atom stereocenters. The zero-order chi connectivity index (χ0) is 18.5. The third-order valence-corrected chi connectivity index (χ3v) is 4.88. The summed E-state index contributed by atoms with van der Waals surface area (Å²) >= 11 is 1.43. The van der Waals surface area contributed by atoms with Crippen molar-refractivity contribution in [2.75, 3.05) is 12.4 Å². The van der Waals surface area contributed by atoms with Gasteiger partial charge in [0.1, 0.15) is 5.75 Å². The highest BCUT2D eigenvalue weighted by Gasteiger charge is 2.30. The lowest BCUT2D eigenvalue weighted by atomic mass is 10.1. The second kappa shape index (κ2) is 8.01. The molecule has 2 aromatic rings. The normalized spacial score (nSPS) is 16.7. The predicted molar refractivity (Wildman–Crippen MR) is 95.9 cm³/mol. The lowest BCUT2D eigenvalue weighted by Gasteiger charge is -2.26. The lowest BCUT2D eigenvalue weighted by Crippen LogP contribution is -2.41. The van der Waals surface area contributed by atoms with Crippen LogP contribution in [0.4, 0.5) is 5.69 Å². The van der Waals surface area contributed by atoms with Gasteiger partial charge in [-0.3, -0.25) is 14.4 Å². The van der Waals surface area contributed by atoms with Crippen LogP contribution >= 0.6 is 11.3 Å². The molecule has 136 valence electrons. The fourth-order valence-electron chi connectivity index (χ4n) is 2.61. The van der Waals surface area contributed by atoms with Crippen LogP contribution in [0.3, 0.4) is 0 Å². The third-order valence-electron chi connectivity index (χ3n) is 3.90. The number of rotatable bonds is 6. The van der Waals surface area contributed by atoms with E-state index in [1.165, 1.54) is 18.4 Å². The van der Waals surface area contributed by atoms with E-state index in [-0.39, 0.29) is 24.7 Å². The standard InChI is InChI=1S/C18H18N2O5S/c1-24-17(22)9-12(15-7-4-8-26-15)19-16(21)10-14-18(23)20-11-5-2-3-6-13(11)25-14/h2-8,12,14H,9-10H2,1H3,(H,19,21)(H,20,23)/t12-,14+/m0/s1. The van der Waals surface area contributed by atoms with Crippen LogP contribution in [0.25, 0.3) is 0 Å². The van der Waals surface area contributed by atoms with Crippen molar-refractivity contribution in [3.63, 3.8) is 0 Å². The quantitative estimate of drug-likeness (QED) is 0.757. The number of para-hydroxylation sites is 2. The second-order valence-electron chi connectivity index (χ2n) is 5.71. The predicted octanol–water partition coefficient (Wildman–Crippen LogP) is 2.26. The van der Waals surface area contributed by atoms with Crippen molar-refractivity contribution in [2.45, 2.75) is 25.0 Å². The molecule has 0 saturated heterocycles. The zero-order valence-electron chi connectivity index (χ0n) is 14.1. The largest absolute Gasteiger partial charge is 0.478 e. The number of anilines is 1. The van der Waals surface area contributed by atoms with E-state index in [1.54, 1.807) is 24.3 Å². The maximum atomic E-state index is 12.4. The number of ether oxygens (including phenoxy) is 2. The minimum absolute atomic E-state index is 0.0172. The summed E-state index contributed by atoms with van der Waals surface area (Å²) in [5.74, 6) is -0.662. The Bertz CT molecular complexity index is 806. The number of methoxy groups -OCH3 is 1. The van der Waals surface area contributed by atoms with Gasteiger partial charge in [-0.05, 0) is 23.6 Å². The molecule has 1 aromatic heterocycles. The van der Waals surface area contributed by atoms with Crippen molar-refractivity contribution in [2.24, 2.45) is 0 Å². The van der Waals surface area contributed by atoms with E-state index in [1.807, 2.05) is 17.5 Å². The van der Waals surface area contributed by atoms with Gasteiger partial charge in [0.25, 0.3) is 5.91 Å². The maximum Gasteiger partial charge on any atom is 0.307 e. The summed E-state index contributed by atoms with van der Waals surface area (Å²) in [6, 6.07) is 10.2. The summed E-state index contributed by atoms with van der Waals surface area (Å²) < 4.78 is 10.3. The van der Waals surface area contributed by atoms with Crippen LogP contribution in [-0.2, 0) is 19.1 Å². The van der Waals surface area contributed by atoms with Crippen LogP contribution in [0.5, 0.6) is 5.75 Å². The number of hydrogen-bond donors (Lipinski definition) is 2. The minimum Gasteiger partial charge on any atom is -0.478 e. The van der Waals surface area contributed by atoms with Crippen LogP contribution in [0.2, 0.25) is 0 Å². The van der Waals surface area contributed by atoms with E-state index in [0.717, 1.165) is 4.88 Å². The average Bonchev–Trinajstić information content (AvgIpc) is 3.16. The van der Waals surface area contributed by atoms with Gasteiger partial charge in [0.2, 0.25) is 5.91 Å². The fraction of sp³-hybridized carbons (Fsp3) is 0.278. The van der Waals surface area contributed by atoms with Crippen molar-refractivity contribution in [1.29, 1.82) is 0 Å². The summed E-state index contributed by atoms with van der Waals surface area (Å²) in [5.41, 5.74) is 0.580. The third kappa shape index (κ3) is 4.20. The van der Waals surface area contributed by atoms with E-state index in [9.17, 15) is 14.4 Å². The lowest BCUT2D eigenvalue weighted by molar-refractivity contribution is -0.141. The molecule has 1 aliphatic heterocycles. The zero-order valence-corrected chi connectivity index (χ0v) is 14.9. The number of benzene rings is 1. The Morgan fingerprint density at radius 2 is 2.12 bits per heavy atom. The van der Waals surface area contributed by atoms with Gasteiger partial charge in [-0.25, -0.2) is 0 Å². The highest BCUT2D eigenvalue weighted by molar-refractivity contribution is 7.10. The van der Waals surface area contributed by atoms with Gasteiger partial charge in [0.15, 0.2) is 6.10 Å². The molecule has 0 spiro atoms. The Morgan fingerprint density at radius 3 is 2.85 bits per heavy atom. The molecule has 0 aliphatic carbocycles. The molecule has 0 fully saturated rings. The first-order chi connectivity index (χ1) is 12.6. The topological polar surface area (TPSA) is 93.7 Å². The second-order valence-corrected chi connectivity index (χ2v) is 6.69.